The van der Waals surface area contributed by atoms with Crippen molar-refractivity contribution in [2.45, 2.75) is 67.6 Å². The second-order valence-corrected chi connectivity index (χ2v) is 12.3. The molecule has 0 amide bonds. The lowest BCUT2D eigenvalue weighted by Crippen LogP contribution is -2.63. The molecule has 2 heterocycles. The molecule has 2 N–H and O–H groups in total. The lowest BCUT2D eigenvalue weighted by atomic mass is 9.55. The molecule has 1 saturated carbocycles. The molecule has 0 bridgehead atoms. The van der Waals surface area contributed by atoms with Gasteiger partial charge in [-0.05, 0) is 37.5 Å². The number of H-pyrrole nitrogens is 1. The fourth-order valence-corrected chi connectivity index (χ4v) is 7.82. The molecule has 1 aliphatic heterocycles. The van der Waals surface area contributed by atoms with Crippen LogP contribution in [0, 0.1) is 11.6 Å². The standard InChI is InChI=1S/C25H24F5N3O5S/c1-14-7-8-20(15-5-3-2-4-6-15)39(36,37)33(14)11-16-9-19(27)17(10-18(16)26)23(21-31-32-22(34)38-21)12-24(35,13-23)25(28,29)30/h2-6,9-10,14,20,35H,7-8,11-13H2,1H3,(H,32,34)/t14-,20+,23-,24-/m0/s1. The van der Waals surface area contributed by atoms with Crippen LogP contribution in [0.1, 0.15) is 60.4 Å². The number of nitrogens with one attached hydrogen (secondary N) is 1. The average molecular weight is 574 g/mol. The number of hydrogen-bond acceptors (Lipinski definition) is 6. The van der Waals surface area contributed by atoms with Gasteiger partial charge in [0.2, 0.25) is 15.9 Å². The van der Waals surface area contributed by atoms with Crippen molar-refractivity contribution in [3.8, 4) is 0 Å². The van der Waals surface area contributed by atoms with Crippen LogP contribution >= 0.6 is 0 Å². The quantitative estimate of drug-likeness (QED) is 0.445. The smallest absolute Gasteiger partial charge is 0.391 e. The van der Waals surface area contributed by atoms with E-state index in [1.165, 1.54) is 0 Å². The first kappa shape index (κ1) is 27.5. The second kappa shape index (κ2) is 9.24. The van der Waals surface area contributed by atoms with E-state index in [1.54, 1.807) is 37.3 Å². The Morgan fingerprint density at radius 1 is 1.13 bits per heavy atom. The molecule has 2 atom stereocenters. The zero-order chi connectivity index (χ0) is 28.4. The predicted molar refractivity (Wildman–Crippen MR) is 127 cm³/mol. The third-order valence-electron chi connectivity index (χ3n) is 7.74. The van der Waals surface area contributed by atoms with Gasteiger partial charge in [0, 0.05) is 36.6 Å². The van der Waals surface area contributed by atoms with Crippen LogP contribution < -0.4 is 5.76 Å². The van der Waals surface area contributed by atoms with E-state index in [-0.39, 0.29) is 5.56 Å². The summed E-state index contributed by atoms with van der Waals surface area (Å²) in [7, 11) is -3.98. The Bertz CT molecular complexity index is 1550. The lowest BCUT2D eigenvalue weighted by Gasteiger charge is -2.51. The minimum absolute atomic E-state index is 0.329. The third kappa shape index (κ3) is 4.47. The largest absolute Gasteiger partial charge is 0.434 e. The molecule has 2 aromatic carbocycles. The molecule has 1 saturated heterocycles. The zero-order valence-corrected chi connectivity index (χ0v) is 21.3. The molecular formula is C25H24F5N3O5S. The summed E-state index contributed by atoms with van der Waals surface area (Å²) >= 11 is 0. The van der Waals surface area contributed by atoms with Crippen molar-refractivity contribution in [3.05, 3.63) is 87.2 Å². The van der Waals surface area contributed by atoms with Crippen LogP contribution in [0.25, 0.3) is 0 Å². The maximum atomic E-state index is 15.5. The first-order chi connectivity index (χ1) is 18.2. The lowest BCUT2D eigenvalue weighted by molar-refractivity contribution is -0.302. The van der Waals surface area contributed by atoms with Crippen LogP contribution in [0.2, 0.25) is 0 Å². The molecule has 1 aromatic heterocycles. The van der Waals surface area contributed by atoms with Crippen molar-refractivity contribution in [3.63, 3.8) is 0 Å². The second-order valence-electron chi connectivity index (χ2n) is 10.2. The molecule has 1 aliphatic carbocycles. The molecule has 8 nitrogen and oxygen atoms in total. The summed E-state index contributed by atoms with van der Waals surface area (Å²) < 4.78 is 104. The maximum absolute atomic E-state index is 15.5. The van der Waals surface area contributed by atoms with Gasteiger partial charge in [-0.25, -0.2) is 27.1 Å². The summed E-state index contributed by atoms with van der Waals surface area (Å²) in [5.74, 6) is -4.00. The average Bonchev–Trinajstić information content (AvgIpc) is 3.27. The molecule has 39 heavy (non-hydrogen) atoms. The SMILES string of the molecule is C[C@H]1CC[C@H](c2ccccc2)S(=O)(=O)N1Cc1cc(F)c([C@]2(c3n[nH]c(=O)o3)C[C@@](O)(C(F)(F)F)C2)cc1F. The molecular weight excluding hydrogens is 549 g/mol. The minimum atomic E-state index is -5.09. The van der Waals surface area contributed by atoms with E-state index >= 15 is 8.78 Å². The summed E-state index contributed by atoms with van der Waals surface area (Å²) in [4.78, 5) is 11.5. The number of aliphatic hydroxyl groups is 1. The van der Waals surface area contributed by atoms with Crippen LogP contribution in [0.5, 0.6) is 0 Å². The number of nitrogens with zero attached hydrogens (tertiary/aromatic N) is 2. The van der Waals surface area contributed by atoms with Gasteiger partial charge in [0.15, 0.2) is 5.60 Å². The van der Waals surface area contributed by atoms with E-state index in [4.69, 9.17) is 4.42 Å². The summed E-state index contributed by atoms with van der Waals surface area (Å²) in [6.45, 7) is 1.15. The topological polar surface area (TPSA) is 116 Å². The molecule has 2 aliphatic rings. The molecule has 3 aromatic rings. The number of sulfonamides is 1. The Morgan fingerprint density at radius 3 is 2.38 bits per heavy atom. The van der Waals surface area contributed by atoms with Crippen LogP contribution in [0.3, 0.4) is 0 Å². The fraction of sp³-hybridized carbons (Fsp3) is 0.440. The van der Waals surface area contributed by atoms with Crippen LogP contribution in [0.4, 0.5) is 22.0 Å². The highest BCUT2D eigenvalue weighted by Crippen LogP contribution is 2.59. The highest BCUT2D eigenvalue weighted by Gasteiger charge is 2.70. The number of rotatable bonds is 5. The van der Waals surface area contributed by atoms with E-state index in [0.717, 1.165) is 10.4 Å². The van der Waals surface area contributed by atoms with E-state index in [9.17, 15) is 31.5 Å². The van der Waals surface area contributed by atoms with Gasteiger partial charge in [-0.15, -0.1) is 5.10 Å². The number of halogens is 5. The van der Waals surface area contributed by atoms with E-state index in [1.807, 2.05) is 5.10 Å². The van der Waals surface area contributed by atoms with E-state index in [0.29, 0.717) is 24.5 Å². The monoisotopic (exact) mass is 573 g/mol. The Balaban J connectivity index is 1.51. The highest BCUT2D eigenvalue weighted by molar-refractivity contribution is 7.89. The van der Waals surface area contributed by atoms with Gasteiger partial charge in [0.1, 0.15) is 16.9 Å². The van der Waals surface area contributed by atoms with E-state index < -0.39 is 86.7 Å². The van der Waals surface area contributed by atoms with Crippen LogP contribution in [-0.2, 0) is 22.0 Å². The van der Waals surface area contributed by atoms with Crippen molar-refractivity contribution >= 4 is 10.0 Å². The summed E-state index contributed by atoms with van der Waals surface area (Å²) in [5, 5.41) is 14.6. The van der Waals surface area contributed by atoms with Crippen molar-refractivity contribution in [2.75, 3.05) is 0 Å². The summed E-state index contributed by atoms with van der Waals surface area (Å²) in [6, 6.07) is 9.37. The third-order valence-corrected chi connectivity index (χ3v) is 10.1. The van der Waals surface area contributed by atoms with Gasteiger partial charge < -0.3 is 9.52 Å². The van der Waals surface area contributed by atoms with E-state index in [2.05, 4.69) is 5.10 Å². The van der Waals surface area contributed by atoms with Crippen molar-refractivity contribution in [1.29, 1.82) is 0 Å². The molecule has 2 fully saturated rings. The van der Waals surface area contributed by atoms with Gasteiger partial charge >= 0.3 is 11.9 Å². The summed E-state index contributed by atoms with van der Waals surface area (Å²) in [6.07, 6.45) is -6.60. The maximum Gasteiger partial charge on any atom is 0.434 e. The first-order valence-corrected chi connectivity index (χ1v) is 13.6. The Kier molecular flexibility index (Phi) is 6.50. The van der Waals surface area contributed by atoms with Gasteiger partial charge in [0.25, 0.3) is 0 Å². The molecule has 0 unspecified atom stereocenters. The minimum Gasteiger partial charge on any atom is -0.391 e. The number of aromatic nitrogens is 2. The zero-order valence-electron chi connectivity index (χ0n) is 20.5. The predicted octanol–water partition coefficient (Wildman–Crippen LogP) is 4.07. The highest BCUT2D eigenvalue weighted by atomic mass is 32.2. The van der Waals surface area contributed by atoms with Crippen molar-refractivity contribution in [1.82, 2.24) is 14.5 Å². The number of benzene rings is 2. The number of alkyl halides is 3. The number of hydrogen-bond donors (Lipinski definition) is 2. The number of aromatic amines is 1. The van der Waals surface area contributed by atoms with Crippen molar-refractivity contribution < 1.29 is 39.9 Å². The Hall–Kier alpha value is -3.10. The first-order valence-electron chi connectivity index (χ1n) is 12.1. The van der Waals surface area contributed by atoms with Crippen LogP contribution in [-0.4, -0.2) is 45.8 Å². The Morgan fingerprint density at radius 2 is 1.79 bits per heavy atom. The van der Waals surface area contributed by atoms with Gasteiger partial charge in [-0.1, -0.05) is 30.3 Å². The molecule has 210 valence electrons. The van der Waals surface area contributed by atoms with Crippen molar-refractivity contribution in [2.24, 2.45) is 0 Å². The summed E-state index contributed by atoms with van der Waals surface area (Å²) in [5.41, 5.74) is -5.69. The van der Waals surface area contributed by atoms with Crippen LogP contribution in [0.15, 0.2) is 51.7 Å². The van der Waals surface area contributed by atoms with Gasteiger partial charge in [0.05, 0.1) is 5.41 Å². The normalized spacial score (nSPS) is 29.2. The molecule has 14 heteroatoms. The molecule has 0 spiro atoms. The molecule has 0 radical (unpaired) electrons. The fourth-order valence-electron chi connectivity index (χ4n) is 5.63. The Labute approximate surface area is 219 Å². The van der Waals surface area contributed by atoms with Gasteiger partial charge in [-0.3, -0.25) is 0 Å². The molecule has 5 rings (SSSR count). The van der Waals surface area contributed by atoms with Gasteiger partial charge in [-0.2, -0.15) is 17.5 Å².